The Morgan fingerprint density at radius 3 is 3.04 bits per heavy atom. The number of rotatable bonds is 5. The lowest BCUT2D eigenvalue weighted by molar-refractivity contribution is -0.132. The van der Waals surface area contributed by atoms with Gasteiger partial charge in [-0.2, -0.15) is 5.10 Å². The van der Waals surface area contributed by atoms with E-state index in [-0.39, 0.29) is 24.3 Å². The van der Waals surface area contributed by atoms with Crippen LogP contribution in [0.25, 0.3) is 0 Å². The van der Waals surface area contributed by atoms with Crippen molar-refractivity contribution in [3.63, 3.8) is 0 Å². The molecule has 1 aromatic carbocycles. The van der Waals surface area contributed by atoms with Gasteiger partial charge in [0.25, 0.3) is 0 Å². The van der Waals surface area contributed by atoms with Crippen LogP contribution < -0.4 is 15.2 Å². The number of ether oxygens (including phenoxy) is 2. The quantitative estimate of drug-likeness (QED) is 0.862. The standard InChI is InChI=1S/C19H24N4O4/c1-2-23-18(20-21-19(23)25)14-4-3-9-22(11-14)17(24)8-6-13-5-7-15-16(10-13)27-12-26-15/h5,7,10,14H,2-4,6,8-9,11-12H2,1H3,(H,21,25)/t14-/m0/s1. The molecule has 1 fully saturated rings. The largest absolute Gasteiger partial charge is 0.454 e. The van der Waals surface area contributed by atoms with Crippen molar-refractivity contribution >= 4 is 5.91 Å². The van der Waals surface area contributed by atoms with Gasteiger partial charge in [-0.3, -0.25) is 9.36 Å². The average Bonchev–Trinajstić information content (AvgIpc) is 3.31. The van der Waals surface area contributed by atoms with E-state index >= 15 is 0 Å². The van der Waals surface area contributed by atoms with Crippen LogP contribution in [0.4, 0.5) is 0 Å². The second kappa shape index (κ2) is 7.46. The van der Waals surface area contributed by atoms with E-state index < -0.39 is 0 Å². The number of hydrogen-bond donors (Lipinski definition) is 1. The van der Waals surface area contributed by atoms with Gasteiger partial charge in [-0.05, 0) is 43.9 Å². The number of nitrogens with one attached hydrogen (secondary N) is 1. The molecule has 2 aliphatic heterocycles. The van der Waals surface area contributed by atoms with E-state index in [0.29, 0.717) is 25.9 Å². The zero-order valence-corrected chi connectivity index (χ0v) is 15.4. The van der Waals surface area contributed by atoms with E-state index in [1.165, 1.54) is 0 Å². The first-order valence-corrected chi connectivity index (χ1v) is 9.47. The number of amides is 1. The number of likely N-dealkylation sites (tertiary alicyclic amines) is 1. The number of aryl methyl sites for hydroxylation is 1. The summed E-state index contributed by atoms with van der Waals surface area (Å²) in [7, 11) is 0. The predicted molar refractivity (Wildman–Crippen MR) is 98.0 cm³/mol. The van der Waals surface area contributed by atoms with Gasteiger partial charge in [0, 0.05) is 32.0 Å². The number of carbonyl (C=O) groups excluding carboxylic acids is 1. The number of carbonyl (C=O) groups is 1. The summed E-state index contributed by atoms with van der Waals surface area (Å²) in [5, 5.41) is 6.72. The van der Waals surface area contributed by atoms with E-state index in [1.54, 1.807) is 4.57 Å². The number of piperidine rings is 1. The molecule has 3 heterocycles. The number of aromatic amines is 1. The predicted octanol–water partition coefficient (Wildman–Crippen LogP) is 1.66. The lowest BCUT2D eigenvalue weighted by Gasteiger charge is -2.32. The third-order valence-corrected chi connectivity index (χ3v) is 5.31. The van der Waals surface area contributed by atoms with Gasteiger partial charge in [-0.25, -0.2) is 9.89 Å². The molecule has 0 saturated carbocycles. The molecule has 1 saturated heterocycles. The van der Waals surface area contributed by atoms with Crippen LogP contribution in [0, 0.1) is 0 Å². The molecular formula is C19H24N4O4. The highest BCUT2D eigenvalue weighted by molar-refractivity contribution is 5.76. The molecule has 2 aliphatic rings. The van der Waals surface area contributed by atoms with E-state index in [2.05, 4.69) is 10.2 Å². The zero-order chi connectivity index (χ0) is 18.8. The topological polar surface area (TPSA) is 89.4 Å². The van der Waals surface area contributed by atoms with E-state index in [4.69, 9.17) is 9.47 Å². The van der Waals surface area contributed by atoms with Crippen molar-refractivity contribution in [2.24, 2.45) is 0 Å². The molecule has 1 amide bonds. The highest BCUT2D eigenvalue weighted by Gasteiger charge is 2.28. The summed E-state index contributed by atoms with van der Waals surface area (Å²) in [4.78, 5) is 26.4. The molecule has 4 rings (SSSR count). The number of benzene rings is 1. The SMILES string of the molecule is CCn1c([C@H]2CCCN(C(=O)CCc3ccc4c(c3)OCO4)C2)n[nH]c1=O. The summed E-state index contributed by atoms with van der Waals surface area (Å²) in [6.45, 7) is 4.14. The first-order valence-electron chi connectivity index (χ1n) is 9.47. The van der Waals surface area contributed by atoms with Gasteiger partial charge in [0.2, 0.25) is 12.7 Å². The van der Waals surface area contributed by atoms with Crippen LogP contribution in [0.5, 0.6) is 11.5 Å². The Kier molecular flexibility index (Phi) is 4.87. The summed E-state index contributed by atoms with van der Waals surface area (Å²) in [6.07, 6.45) is 2.98. The Bertz CT molecular complexity index is 888. The van der Waals surface area contributed by atoms with Crippen molar-refractivity contribution in [2.75, 3.05) is 19.9 Å². The summed E-state index contributed by atoms with van der Waals surface area (Å²) in [6, 6.07) is 5.81. The first kappa shape index (κ1) is 17.6. The van der Waals surface area contributed by atoms with Crippen molar-refractivity contribution in [3.05, 3.63) is 40.1 Å². The minimum Gasteiger partial charge on any atom is -0.454 e. The van der Waals surface area contributed by atoms with Crippen LogP contribution in [0.15, 0.2) is 23.0 Å². The summed E-state index contributed by atoms with van der Waals surface area (Å²) in [5.74, 6) is 2.50. The molecule has 8 heteroatoms. The summed E-state index contributed by atoms with van der Waals surface area (Å²) < 4.78 is 12.4. The lowest BCUT2D eigenvalue weighted by Crippen LogP contribution is -2.40. The molecule has 1 aromatic heterocycles. The molecule has 144 valence electrons. The summed E-state index contributed by atoms with van der Waals surface area (Å²) in [5.41, 5.74) is 0.882. The Balaban J connectivity index is 1.38. The second-order valence-electron chi connectivity index (χ2n) is 7.00. The van der Waals surface area contributed by atoms with Crippen molar-refractivity contribution in [1.82, 2.24) is 19.7 Å². The first-order chi connectivity index (χ1) is 13.2. The van der Waals surface area contributed by atoms with Crippen molar-refractivity contribution in [1.29, 1.82) is 0 Å². The second-order valence-corrected chi connectivity index (χ2v) is 7.00. The minimum atomic E-state index is -0.182. The molecule has 8 nitrogen and oxygen atoms in total. The molecular weight excluding hydrogens is 348 g/mol. The highest BCUT2D eigenvalue weighted by atomic mass is 16.7. The maximum absolute atomic E-state index is 12.7. The molecule has 27 heavy (non-hydrogen) atoms. The smallest absolute Gasteiger partial charge is 0.343 e. The number of fused-ring (bicyclic) bond motifs is 1. The molecule has 0 bridgehead atoms. The van der Waals surface area contributed by atoms with Crippen molar-refractivity contribution < 1.29 is 14.3 Å². The van der Waals surface area contributed by atoms with Gasteiger partial charge in [-0.15, -0.1) is 0 Å². The van der Waals surface area contributed by atoms with Crippen LogP contribution in [0.2, 0.25) is 0 Å². The molecule has 0 spiro atoms. The number of nitrogens with zero attached hydrogens (tertiary/aromatic N) is 3. The Hall–Kier alpha value is -2.77. The third-order valence-electron chi connectivity index (χ3n) is 5.31. The van der Waals surface area contributed by atoms with Crippen LogP contribution in [-0.2, 0) is 17.8 Å². The van der Waals surface area contributed by atoms with Gasteiger partial charge in [0.15, 0.2) is 11.5 Å². The maximum atomic E-state index is 12.7. The highest BCUT2D eigenvalue weighted by Crippen LogP contribution is 2.33. The van der Waals surface area contributed by atoms with E-state index in [1.807, 2.05) is 30.0 Å². The Labute approximate surface area is 157 Å². The number of aromatic nitrogens is 3. The van der Waals surface area contributed by atoms with Gasteiger partial charge in [0.05, 0.1) is 0 Å². The van der Waals surface area contributed by atoms with Gasteiger partial charge < -0.3 is 14.4 Å². The molecule has 0 radical (unpaired) electrons. The van der Waals surface area contributed by atoms with Crippen molar-refractivity contribution in [3.8, 4) is 11.5 Å². The fourth-order valence-electron chi connectivity index (χ4n) is 3.87. The van der Waals surface area contributed by atoms with Crippen LogP contribution in [0.3, 0.4) is 0 Å². The normalized spacial score (nSPS) is 18.7. The monoisotopic (exact) mass is 372 g/mol. The lowest BCUT2D eigenvalue weighted by atomic mass is 9.96. The molecule has 0 unspecified atom stereocenters. The van der Waals surface area contributed by atoms with Crippen LogP contribution in [0.1, 0.15) is 43.5 Å². The number of hydrogen-bond acceptors (Lipinski definition) is 5. The van der Waals surface area contributed by atoms with Gasteiger partial charge in [-0.1, -0.05) is 6.07 Å². The number of H-pyrrole nitrogens is 1. The van der Waals surface area contributed by atoms with Crippen LogP contribution in [-0.4, -0.2) is 45.5 Å². The van der Waals surface area contributed by atoms with Gasteiger partial charge >= 0.3 is 5.69 Å². The van der Waals surface area contributed by atoms with E-state index in [0.717, 1.165) is 42.3 Å². The van der Waals surface area contributed by atoms with E-state index in [9.17, 15) is 9.59 Å². The molecule has 1 atom stereocenters. The fourth-order valence-corrected chi connectivity index (χ4v) is 3.87. The summed E-state index contributed by atoms with van der Waals surface area (Å²) >= 11 is 0. The fraction of sp³-hybridized carbons (Fsp3) is 0.526. The third kappa shape index (κ3) is 3.56. The maximum Gasteiger partial charge on any atom is 0.343 e. The Morgan fingerprint density at radius 1 is 1.33 bits per heavy atom. The minimum absolute atomic E-state index is 0.104. The zero-order valence-electron chi connectivity index (χ0n) is 15.4. The molecule has 2 aromatic rings. The van der Waals surface area contributed by atoms with Crippen LogP contribution >= 0.6 is 0 Å². The van der Waals surface area contributed by atoms with Crippen molar-refractivity contribution in [2.45, 2.75) is 45.1 Å². The molecule has 1 N–H and O–H groups in total. The molecule has 0 aliphatic carbocycles. The average molecular weight is 372 g/mol. The van der Waals surface area contributed by atoms with Gasteiger partial charge in [0.1, 0.15) is 5.82 Å². The Morgan fingerprint density at radius 2 is 2.19 bits per heavy atom.